The molecule has 0 unspecified atom stereocenters. The number of carbonyl (C=O) groups is 1. The first kappa shape index (κ1) is 19.5. The number of carboxylic acid groups (broad SMARTS) is 1. The lowest BCUT2D eigenvalue weighted by Gasteiger charge is -2.23. The van der Waals surface area contributed by atoms with Crippen LogP contribution in [-0.2, 0) is 5.41 Å². The van der Waals surface area contributed by atoms with Crippen LogP contribution < -0.4 is 0 Å². The molecule has 0 spiro atoms. The van der Waals surface area contributed by atoms with Crippen molar-refractivity contribution in [1.82, 2.24) is 4.98 Å². The Kier molecular flexibility index (Phi) is 5.31. The number of aromatic carboxylic acids is 1. The van der Waals surface area contributed by atoms with Gasteiger partial charge in [0.05, 0.1) is 5.69 Å². The van der Waals surface area contributed by atoms with Gasteiger partial charge in [-0.2, -0.15) is 0 Å². The van der Waals surface area contributed by atoms with Crippen LogP contribution in [0.25, 0.3) is 11.3 Å². The first-order valence-electron chi connectivity index (χ1n) is 8.47. The SMILES string of the molecule is Cc1c(Sc2nc(-c3ccccc3)cs2)cc(C(C)(C)C)c(O)c1C(=O)O. The Morgan fingerprint density at radius 1 is 1.19 bits per heavy atom. The van der Waals surface area contributed by atoms with Crippen LogP contribution >= 0.6 is 23.1 Å². The zero-order valence-electron chi connectivity index (χ0n) is 15.6. The fraction of sp³-hybridized carbons (Fsp3) is 0.238. The molecule has 2 aromatic carbocycles. The van der Waals surface area contributed by atoms with Gasteiger partial charge in [0, 0.05) is 21.4 Å². The molecule has 0 aliphatic carbocycles. The Labute approximate surface area is 166 Å². The fourth-order valence-corrected chi connectivity index (χ4v) is 4.74. The number of phenols is 1. The topological polar surface area (TPSA) is 70.4 Å². The molecule has 140 valence electrons. The molecule has 3 aromatic rings. The fourth-order valence-electron chi connectivity index (χ4n) is 2.82. The van der Waals surface area contributed by atoms with Crippen LogP contribution in [0.3, 0.4) is 0 Å². The lowest BCUT2D eigenvalue weighted by molar-refractivity contribution is 0.0692. The van der Waals surface area contributed by atoms with Crippen molar-refractivity contribution in [3.8, 4) is 17.0 Å². The quantitative estimate of drug-likeness (QED) is 0.565. The van der Waals surface area contributed by atoms with E-state index in [9.17, 15) is 15.0 Å². The van der Waals surface area contributed by atoms with Crippen molar-refractivity contribution in [2.45, 2.75) is 42.3 Å². The lowest BCUT2D eigenvalue weighted by Crippen LogP contribution is -2.14. The van der Waals surface area contributed by atoms with E-state index in [2.05, 4.69) is 4.98 Å². The molecule has 6 heteroatoms. The highest BCUT2D eigenvalue weighted by molar-refractivity contribution is 8.01. The van der Waals surface area contributed by atoms with Gasteiger partial charge in [0.15, 0.2) is 4.34 Å². The van der Waals surface area contributed by atoms with E-state index < -0.39 is 5.97 Å². The summed E-state index contributed by atoms with van der Waals surface area (Å²) in [5.41, 5.74) is 2.70. The Morgan fingerprint density at radius 3 is 2.44 bits per heavy atom. The molecule has 0 aliphatic rings. The third-order valence-corrected chi connectivity index (χ3v) is 6.37. The highest BCUT2D eigenvalue weighted by Crippen LogP contribution is 2.42. The predicted molar refractivity (Wildman–Crippen MR) is 110 cm³/mol. The first-order valence-corrected chi connectivity index (χ1v) is 10.2. The number of aromatic nitrogens is 1. The summed E-state index contributed by atoms with van der Waals surface area (Å²) >= 11 is 2.95. The van der Waals surface area contributed by atoms with Crippen LogP contribution in [0, 0.1) is 6.92 Å². The van der Waals surface area contributed by atoms with Crippen LogP contribution in [0.15, 0.2) is 51.0 Å². The standard InChI is InChI=1S/C21H21NO3S2/c1-12-16(10-14(21(2,3)4)18(23)17(12)19(24)25)27-20-22-15(11-26-20)13-8-6-5-7-9-13/h5-11,23H,1-4H3,(H,24,25). The van der Waals surface area contributed by atoms with Gasteiger partial charge in [-0.05, 0) is 24.0 Å². The van der Waals surface area contributed by atoms with Gasteiger partial charge in [-0.15, -0.1) is 11.3 Å². The van der Waals surface area contributed by atoms with E-state index in [1.165, 1.54) is 23.1 Å². The Bertz CT molecular complexity index is 989. The Hall–Kier alpha value is -2.31. The van der Waals surface area contributed by atoms with E-state index >= 15 is 0 Å². The summed E-state index contributed by atoms with van der Waals surface area (Å²) in [6, 6.07) is 11.8. The Morgan fingerprint density at radius 2 is 1.85 bits per heavy atom. The lowest BCUT2D eigenvalue weighted by atomic mass is 9.84. The minimum Gasteiger partial charge on any atom is -0.507 e. The number of carboxylic acids is 1. The van der Waals surface area contributed by atoms with E-state index in [0.717, 1.165) is 20.5 Å². The van der Waals surface area contributed by atoms with Gasteiger partial charge in [-0.1, -0.05) is 62.9 Å². The molecule has 1 aromatic heterocycles. The first-order chi connectivity index (χ1) is 12.7. The van der Waals surface area contributed by atoms with E-state index in [1.807, 2.05) is 62.5 Å². The van der Waals surface area contributed by atoms with Crippen LogP contribution in [0.4, 0.5) is 0 Å². The minimum absolute atomic E-state index is 0.0373. The molecule has 2 N–H and O–H groups in total. The van der Waals surface area contributed by atoms with E-state index in [0.29, 0.717) is 11.1 Å². The number of benzene rings is 2. The number of hydrogen-bond donors (Lipinski definition) is 2. The summed E-state index contributed by atoms with van der Waals surface area (Å²) < 4.78 is 0.832. The molecule has 0 atom stereocenters. The van der Waals surface area contributed by atoms with Crippen molar-refractivity contribution in [3.63, 3.8) is 0 Å². The summed E-state index contributed by atoms with van der Waals surface area (Å²) in [6.45, 7) is 7.58. The van der Waals surface area contributed by atoms with Crippen molar-refractivity contribution >= 4 is 29.1 Å². The van der Waals surface area contributed by atoms with Gasteiger partial charge in [-0.25, -0.2) is 9.78 Å². The number of thiazole rings is 1. The van der Waals surface area contributed by atoms with Crippen molar-refractivity contribution in [2.75, 3.05) is 0 Å². The van der Waals surface area contributed by atoms with Crippen molar-refractivity contribution < 1.29 is 15.0 Å². The van der Waals surface area contributed by atoms with Crippen molar-refractivity contribution in [1.29, 1.82) is 0 Å². The second-order valence-electron chi connectivity index (χ2n) is 7.29. The average molecular weight is 400 g/mol. The zero-order valence-corrected chi connectivity index (χ0v) is 17.2. The molecule has 0 radical (unpaired) electrons. The third-order valence-electron chi connectivity index (χ3n) is 4.28. The summed E-state index contributed by atoms with van der Waals surface area (Å²) in [6.07, 6.45) is 0. The summed E-state index contributed by atoms with van der Waals surface area (Å²) in [5, 5.41) is 22.1. The van der Waals surface area contributed by atoms with E-state index in [1.54, 1.807) is 6.92 Å². The number of rotatable bonds is 4. The summed E-state index contributed by atoms with van der Waals surface area (Å²) in [4.78, 5) is 17.2. The van der Waals surface area contributed by atoms with Crippen LogP contribution in [0.5, 0.6) is 5.75 Å². The highest BCUT2D eigenvalue weighted by atomic mass is 32.2. The maximum absolute atomic E-state index is 11.7. The maximum atomic E-state index is 11.7. The molecule has 1 heterocycles. The summed E-state index contributed by atoms with van der Waals surface area (Å²) in [5.74, 6) is -1.27. The average Bonchev–Trinajstić information content (AvgIpc) is 3.05. The van der Waals surface area contributed by atoms with Crippen LogP contribution in [-0.4, -0.2) is 21.2 Å². The molecule has 0 fully saturated rings. The van der Waals surface area contributed by atoms with E-state index in [-0.39, 0.29) is 16.7 Å². The molecule has 0 amide bonds. The monoisotopic (exact) mass is 399 g/mol. The predicted octanol–water partition coefficient (Wildman–Crippen LogP) is 5.97. The van der Waals surface area contributed by atoms with Crippen molar-refractivity contribution in [2.24, 2.45) is 0 Å². The number of nitrogens with zero attached hydrogens (tertiary/aromatic N) is 1. The van der Waals surface area contributed by atoms with Gasteiger partial charge >= 0.3 is 5.97 Å². The molecule has 4 nitrogen and oxygen atoms in total. The normalized spacial score (nSPS) is 11.6. The molecule has 0 aliphatic heterocycles. The van der Waals surface area contributed by atoms with Gasteiger partial charge < -0.3 is 10.2 Å². The molecular weight excluding hydrogens is 378 g/mol. The van der Waals surface area contributed by atoms with Crippen LogP contribution in [0.1, 0.15) is 42.3 Å². The van der Waals surface area contributed by atoms with Crippen molar-refractivity contribution in [3.05, 3.63) is 58.5 Å². The maximum Gasteiger partial charge on any atom is 0.339 e. The number of aromatic hydroxyl groups is 1. The second-order valence-corrected chi connectivity index (χ2v) is 9.44. The minimum atomic E-state index is -1.12. The van der Waals surface area contributed by atoms with Gasteiger partial charge in [0.1, 0.15) is 11.3 Å². The van der Waals surface area contributed by atoms with Gasteiger partial charge in [0.25, 0.3) is 0 Å². The van der Waals surface area contributed by atoms with Gasteiger partial charge in [-0.3, -0.25) is 0 Å². The molecule has 27 heavy (non-hydrogen) atoms. The third kappa shape index (κ3) is 4.01. The number of hydrogen-bond acceptors (Lipinski definition) is 5. The molecule has 3 rings (SSSR count). The van der Waals surface area contributed by atoms with Crippen LogP contribution in [0.2, 0.25) is 0 Å². The molecule has 0 saturated carbocycles. The largest absolute Gasteiger partial charge is 0.507 e. The molecule has 0 saturated heterocycles. The molecule has 0 bridgehead atoms. The second kappa shape index (κ2) is 7.37. The van der Waals surface area contributed by atoms with E-state index in [4.69, 9.17) is 0 Å². The Balaban J connectivity index is 2.04. The van der Waals surface area contributed by atoms with Gasteiger partial charge in [0.2, 0.25) is 0 Å². The highest BCUT2D eigenvalue weighted by Gasteiger charge is 2.27. The molecular formula is C21H21NO3S2. The summed E-state index contributed by atoms with van der Waals surface area (Å²) in [7, 11) is 0. The smallest absolute Gasteiger partial charge is 0.339 e. The zero-order chi connectivity index (χ0) is 19.8.